The molecule has 20 heavy (non-hydrogen) atoms. The smallest absolute Gasteiger partial charge is 0.186 e. The highest BCUT2D eigenvalue weighted by atomic mass is 32.1. The zero-order valence-corrected chi connectivity index (χ0v) is 11.8. The van der Waals surface area contributed by atoms with Gasteiger partial charge in [0.1, 0.15) is 5.76 Å². The largest absolute Gasteiger partial charge is 0.510 e. The minimum Gasteiger partial charge on any atom is -0.510 e. The number of Topliss-reactive ketones (excluding diaryl/α,β-unsaturated/α-hetero) is 1. The van der Waals surface area contributed by atoms with Gasteiger partial charge >= 0.3 is 0 Å². The average Bonchev–Trinajstić information content (AvgIpc) is 2.77. The van der Waals surface area contributed by atoms with Crippen LogP contribution in [-0.2, 0) is 4.79 Å². The van der Waals surface area contributed by atoms with Crippen molar-refractivity contribution < 1.29 is 9.90 Å². The maximum atomic E-state index is 11.7. The van der Waals surface area contributed by atoms with E-state index in [1.807, 2.05) is 25.1 Å². The first-order chi connectivity index (χ1) is 9.63. The molecule has 0 fully saturated rings. The van der Waals surface area contributed by atoms with Crippen molar-refractivity contribution in [1.29, 1.82) is 0 Å². The summed E-state index contributed by atoms with van der Waals surface area (Å²) in [6.45, 7) is 1.95. The van der Waals surface area contributed by atoms with E-state index in [9.17, 15) is 9.90 Å². The number of aliphatic hydroxyl groups is 1. The van der Waals surface area contributed by atoms with Crippen molar-refractivity contribution in [1.82, 2.24) is 4.98 Å². The number of aromatic nitrogens is 1. The fourth-order valence-electron chi connectivity index (χ4n) is 2.13. The molecule has 102 valence electrons. The predicted molar refractivity (Wildman–Crippen MR) is 77.4 cm³/mol. The number of benzene rings is 1. The van der Waals surface area contributed by atoms with E-state index in [1.54, 1.807) is 11.3 Å². The highest BCUT2D eigenvalue weighted by molar-refractivity contribution is 7.18. The Hall–Kier alpha value is -2.08. The van der Waals surface area contributed by atoms with Crippen LogP contribution in [0.15, 0.2) is 39.9 Å². The van der Waals surface area contributed by atoms with E-state index < -0.39 is 0 Å². The van der Waals surface area contributed by atoms with Crippen LogP contribution in [-0.4, -0.2) is 15.9 Å². The molecular formula is C14H13N3O2S. The lowest BCUT2D eigenvalue weighted by Crippen LogP contribution is -2.09. The lowest BCUT2D eigenvalue weighted by Gasteiger charge is -2.09. The summed E-state index contributed by atoms with van der Waals surface area (Å²) >= 11 is 1.62. The van der Waals surface area contributed by atoms with Gasteiger partial charge in [0.15, 0.2) is 11.5 Å². The van der Waals surface area contributed by atoms with E-state index in [1.165, 1.54) is 0 Å². The molecule has 5 nitrogen and oxygen atoms in total. The molecule has 0 spiro atoms. The summed E-state index contributed by atoms with van der Waals surface area (Å²) in [5.41, 5.74) is 1.59. The number of carbonyl (C=O) groups excluding carboxylic acids is 1. The fourth-order valence-corrected chi connectivity index (χ4v) is 2.94. The zero-order chi connectivity index (χ0) is 14.1. The van der Waals surface area contributed by atoms with Crippen LogP contribution in [0, 0.1) is 6.92 Å². The van der Waals surface area contributed by atoms with Gasteiger partial charge in [-0.15, -0.1) is 16.5 Å². The molecule has 0 unspecified atom stereocenters. The lowest BCUT2D eigenvalue weighted by atomic mass is 10.0. The average molecular weight is 287 g/mol. The summed E-state index contributed by atoms with van der Waals surface area (Å²) in [5, 5.41) is 18.6. The molecule has 0 saturated heterocycles. The number of rotatable bonds is 2. The van der Waals surface area contributed by atoms with Crippen LogP contribution in [0.25, 0.3) is 10.2 Å². The van der Waals surface area contributed by atoms with Gasteiger partial charge in [-0.05, 0) is 31.5 Å². The number of carbonyl (C=O) groups is 1. The molecule has 1 N–H and O–H groups in total. The molecule has 1 aliphatic carbocycles. The standard InChI is InChI=1S/C14H13N3O2S/c1-8-15-10-7-9(5-6-13(10)20-8)16-17-14-11(18)3-2-4-12(14)19/h5-7,18H,2-4H2,1H3. The molecule has 0 saturated carbocycles. The first-order valence-electron chi connectivity index (χ1n) is 6.38. The van der Waals surface area contributed by atoms with Gasteiger partial charge in [0.2, 0.25) is 0 Å². The number of hydrogen-bond acceptors (Lipinski definition) is 6. The summed E-state index contributed by atoms with van der Waals surface area (Å²) in [4.78, 5) is 16.0. The number of allylic oxidation sites excluding steroid dienone is 2. The Morgan fingerprint density at radius 1 is 1.30 bits per heavy atom. The third-order valence-corrected chi connectivity index (χ3v) is 4.05. The summed E-state index contributed by atoms with van der Waals surface area (Å²) in [5.74, 6) is -0.112. The Labute approximate surface area is 119 Å². The molecule has 0 atom stereocenters. The number of hydrogen-bond donors (Lipinski definition) is 1. The molecule has 1 aromatic heterocycles. The van der Waals surface area contributed by atoms with Gasteiger partial charge in [0.25, 0.3) is 0 Å². The highest BCUT2D eigenvalue weighted by Crippen LogP contribution is 2.27. The molecule has 2 aromatic rings. The van der Waals surface area contributed by atoms with E-state index in [4.69, 9.17) is 0 Å². The van der Waals surface area contributed by atoms with E-state index in [0.717, 1.165) is 15.2 Å². The summed E-state index contributed by atoms with van der Waals surface area (Å²) in [7, 11) is 0. The number of azo groups is 1. The maximum Gasteiger partial charge on any atom is 0.186 e. The molecule has 1 aromatic carbocycles. The van der Waals surface area contributed by atoms with Crippen LogP contribution in [0.5, 0.6) is 0 Å². The number of thiazole rings is 1. The second-order valence-corrected chi connectivity index (χ2v) is 5.89. The van der Waals surface area contributed by atoms with Crippen LogP contribution >= 0.6 is 11.3 Å². The molecule has 1 heterocycles. The van der Waals surface area contributed by atoms with Crippen molar-refractivity contribution in [3.8, 4) is 0 Å². The van der Waals surface area contributed by atoms with E-state index in [-0.39, 0.29) is 17.2 Å². The van der Waals surface area contributed by atoms with Crippen molar-refractivity contribution in [2.45, 2.75) is 26.2 Å². The topological polar surface area (TPSA) is 74.9 Å². The monoisotopic (exact) mass is 287 g/mol. The number of nitrogens with zero attached hydrogens (tertiary/aromatic N) is 3. The minimum atomic E-state index is -0.150. The Kier molecular flexibility index (Phi) is 3.31. The van der Waals surface area contributed by atoms with Crippen LogP contribution < -0.4 is 0 Å². The van der Waals surface area contributed by atoms with Gasteiger partial charge in [0.05, 0.1) is 20.9 Å². The van der Waals surface area contributed by atoms with Crippen LogP contribution in [0.2, 0.25) is 0 Å². The quantitative estimate of drug-likeness (QED) is 0.840. The molecule has 0 amide bonds. The van der Waals surface area contributed by atoms with Crippen molar-refractivity contribution >= 4 is 33.0 Å². The van der Waals surface area contributed by atoms with E-state index >= 15 is 0 Å². The van der Waals surface area contributed by atoms with Crippen molar-refractivity contribution in [2.75, 3.05) is 0 Å². The normalized spacial score (nSPS) is 16.6. The van der Waals surface area contributed by atoms with Crippen LogP contribution in [0.4, 0.5) is 5.69 Å². The second kappa shape index (κ2) is 5.13. The number of aryl methyl sites for hydroxylation is 1. The molecule has 1 aliphatic rings. The van der Waals surface area contributed by atoms with Gasteiger partial charge in [-0.3, -0.25) is 4.79 Å². The molecular weight excluding hydrogens is 274 g/mol. The summed E-state index contributed by atoms with van der Waals surface area (Å²) < 4.78 is 1.09. The summed E-state index contributed by atoms with van der Waals surface area (Å²) in [6, 6.07) is 5.59. The Morgan fingerprint density at radius 2 is 2.15 bits per heavy atom. The lowest BCUT2D eigenvalue weighted by molar-refractivity contribution is -0.116. The van der Waals surface area contributed by atoms with E-state index in [0.29, 0.717) is 24.9 Å². The predicted octanol–water partition coefficient (Wildman–Crippen LogP) is 4.21. The summed E-state index contributed by atoms with van der Waals surface area (Å²) in [6.07, 6.45) is 1.58. The highest BCUT2D eigenvalue weighted by Gasteiger charge is 2.20. The SMILES string of the molecule is Cc1nc2cc(N=NC3=C(O)CCCC3=O)ccc2s1. The van der Waals surface area contributed by atoms with E-state index in [2.05, 4.69) is 15.2 Å². The maximum absolute atomic E-state index is 11.7. The third-order valence-electron chi connectivity index (χ3n) is 3.10. The van der Waals surface area contributed by atoms with Gasteiger partial charge in [-0.1, -0.05) is 0 Å². The minimum absolute atomic E-state index is 0.0376. The van der Waals surface area contributed by atoms with Crippen LogP contribution in [0.1, 0.15) is 24.3 Å². The first kappa shape index (κ1) is 12.9. The van der Waals surface area contributed by atoms with Crippen molar-refractivity contribution in [3.63, 3.8) is 0 Å². The zero-order valence-electron chi connectivity index (χ0n) is 11.0. The van der Waals surface area contributed by atoms with Crippen molar-refractivity contribution in [3.05, 3.63) is 34.7 Å². The Bertz CT molecular complexity index is 746. The fraction of sp³-hybridized carbons (Fsp3) is 0.286. The van der Waals surface area contributed by atoms with Gasteiger partial charge in [-0.2, -0.15) is 5.11 Å². The van der Waals surface area contributed by atoms with Gasteiger partial charge in [0, 0.05) is 12.8 Å². The Morgan fingerprint density at radius 3 is 2.95 bits per heavy atom. The van der Waals surface area contributed by atoms with Gasteiger partial charge < -0.3 is 5.11 Å². The molecule has 0 radical (unpaired) electrons. The number of ketones is 1. The van der Waals surface area contributed by atoms with Crippen molar-refractivity contribution in [2.24, 2.45) is 10.2 Å². The Balaban J connectivity index is 1.92. The molecule has 0 bridgehead atoms. The molecule has 6 heteroatoms. The number of aliphatic hydroxyl groups excluding tert-OH is 1. The second-order valence-electron chi connectivity index (χ2n) is 4.66. The third kappa shape index (κ3) is 2.46. The van der Waals surface area contributed by atoms with Crippen LogP contribution in [0.3, 0.4) is 0 Å². The first-order valence-corrected chi connectivity index (χ1v) is 7.19. The molecule has 3 rings (SSSR count). The molecule has 0 aliphatic heterocycles. The van der Waals surface area contributed by atoms with Gasteiger partial charge in [-0.25, -0.2) is 4.98 Å². The number of fused-ring (bicyclic) bond motifs is 1.